The van der Waals surface area contributed by atoms with Gasteiger partial charge in [0.2, 0.25) is 5.95 Å². The summed E-state index contributed by atoms with van der Waals surface area (Å²) in [7, 11) is 3.49. The van der Waals surface area contributed by atoms with E-state index in [2.05, 4.69) is 25.7 Å². The van der Waals surface area contributed by atoms with Gasteiger partial charge in [-0.3, -0.25) is 4.68 Å². The molecule has 0 bridgehead atoms. The number of nitrogens with one attached hydrogen (secondary N) is 2. The number of aromatic nitrogens is 4. The largest absolute Gasteiger partial charge is 0.497 e. The summed E-state index contributed by atoms with van der Waals surface area (Å²) in [5, 5.41) is 12.4. The molecule has 2 aromatic carbocycles. The van der Waals surface area contributed by atoms with Gasteiger partial charge in [-0.1, -0.05) is 11.6 Å². The summed E-state index contributed by atoms with van der Waals surface area (Å²) in [5.41, 5.74) is 3.52. The van der Waals surface area contributed by atoms with Crippen LogP contribution in [0.2, 0.25) is 5.02 Å². The maximum absolute atomic E-state index is 6.07. The standard InChI is InChI=1S/C20H19ClN6O/c1-12-10-13(21)4-9-17(12)24-18-16-11-22-27(2)19(16)26-20(25-18)23-14-5-7-15(28-3)8-6-14/h4-11H,1-3H3,(H2,23,24,25,26). The number of ether oxygens (including phenoxy) is 1. The van der Waals surface area contributed by atoms with Crippen molar-refractivity contribution in [3.8, 4) is 5.75 Å². The van der Waals surface area contributed by atoms with Gasteiger partial charge in [-0.2, -0.15) is 15.1 Å². The van der Waals surface area contributed by atoms with E-state index in [1.165, 1.54) is 0 Å². The van der Waals surface area contributed by atoms with Gasteiger partial charge >= 0.3 is 0 Å². The lowest BCUT2D eigenvalue weighted by Gasteiger charge is -2.12. The number of fused-ring (bicyclic) bond motifs is 1. The fraction of sp³-hybridized carbons (Fsp3) is 0.150. The minimum Gasteiger partial charge on any atom is -0.497 e. The molecular weight excluding hydrogens is 376 g/mol. The van der Waals surface area contributed by atoms with Crippen molar-refractivity contribution in [3.05, 3.63) is 59.2 Å². The zero-order valence-electron chi connectivity index (χ0n) is 15.7. The number of rotatable bonds is 5. The highest BCUT2D eigenvalue weighted by Gasteiger charge is 2.13. The fourth-order valence-electron chi connectivity index (χ4n) is 2.87. The molecule has 0 saturated heterocycles. The molecule has 2 N–H and O–H groups in total. The zero-order valence-corrected chi connectivity index (χ0v) is 16.4. The van der Waals surface area contributed by atoms with Crippen LogP contribution in [0.15, 0.2) is 48.7 Å². The number of halogens is 1. The Bertz CT molecular complexity index is 1140. The number of benzene rings is 2. The van der Waals surface area contributed by atoms with Crippen LogP contribution in [-0.4, -0.2) is 26.9 Å². The summed E-state index contributed by atoms with van der Waals surface area (Å²) in [4.78, 5) is 9.26. The van der Waals surface area contributed by atoms with Gasteiger partial charge in [0.1, 0.15) is 11.6 Å². The predicted octanol–water partition coefficient (Wildman–Crippen LogP) is 4.82. The topological polar surface area (TPSA) is 76.9 Å². The van der Waals surface area contributed by atoms with Crippen molar-refractivity contribution in [1.29, 1.82) is 0 Å². The zero-order chi connectivity index (χ0) is 19.7. The lowest BCUT2D eigenvalue weighted by Crippen LogP contribution is -2.04. The first kappa shape index (κ1) is 18.1. The molecular formula is C20H19ClN6O. The van der Waals surface area contributed by atoms with Crippen molar-refractivity contribution in [2.75, 3.05) is 17.7 Å². The lowest BCUT2D eigenvalue weighted by atomic mass is 10.2. The van der Waals surface area contributed by atoms with Crippen LogP contribution in [0.4, 0.5) is 23.1 Å². The third-order valence-electron chi connectivity index (χ3n) is 4.38. The highest BCUT2D eigenvalue weighted by molar-refractivity contribution is 6.30. The van der Waals surface area contributed by atoms with Gasteiger partial charge in [0.05, 0.1) is 18.7 Å². The number of anilines is 4. The molecule has 0 aliphatic rings. The Kier molecular flexibility index (Phi) is 4.75. The molecule has 0 radical (unpaired) electrons. The van der Waals surface area contributed by atoms with Gasteiger partial charge in [-0.25, -0.2) is 0 Å². The van der Waals surface area contributed by atoms with E-state index in [0.717, 1.165) is 33.7 Å². The molecule has 2 heterocycles. The Labute approximate surface area is 167 Å². The van der Waals surface area contributed by atoms with Crippen LogP contribution in [0.5, 0.6) is 5.75 Å². The first-order valence-electron chi connectivity index (χ1n) is 8.67. The van der Waals surface area contributed by atoms with E-state index in [1.54, 1.807) is 18.0 Å². The van der Waals surface area contributed by atoms with Crippen LogP contribution < -0.4 is 15.4 Å². The summed E-state index contributed by atoms with van der Waals surface area (Å²) < 4.78 is 6.92. The summed E-state index contributed by atoms with van der Waals surface area (Å²) in [6.45, 7) is 1.99. The van der Waals surface area contributed by atoms with Crippen molar-refractivity contribution in [2.24, 2.45) is 7.05 Å². The number of nitrogens with zero attached hydrogens (tertiary/aromatic N) is 4. The number of hydrogen-bond donors (Lipinski definition) is 2. The molecule has 0 spiro atoms. The van der Waals surface area contributed by atoms with Crippen molar-refractivity contribution in [3.63, 3.8) is 0 Å². The minimum atomic E-state index is 0.468. The monoisotopic (exact) mass is 394 g/mol. The van der Waals surface area contributed by atoms with E-state index < -0.39 is 0 Å². The Hall–Kier alpha value is -3.32. The van der Waals surface area contributed by atoms with Crippen molar-refractivity contribution in [1.82, 2.24) is 19.7 Å². The van der Waals surface area contributed by atoms with E-state index >= 15 is 0 Å². The molecule has 0 fully saturated rings. The Morgan fingerprint density at radius 1 is 1.04 bits per heavy atom. The summed E-state index contributed by atoms with van der Waals surface area (Å²) in [6.07, 6.45) is 1.75. The van der Waals surface area contributed by atoms with Crippen LogP contribution >= 0.6 is 11.6 Å². The van der Waals surface area contributed by atoms with E-state index in [1.807, 2.05) is 56.4 Å². The molecule has 0 aliphatic heterocycles. The smallest absolute Gasteiger partial charge is 0.231 e. The van der Waals surface area contributed by atoms with Crippen LogP contribution in [0.1, 0.15) is 5.56 Å². The van der Waals surface area contributed by atoms with Gasteiger partial charge in [-0.15, -0.1) is 0 Å². The average Bonchev–Trinajstić information content (AvgIpc) is 3.06. The highest BCUT2D eigenvalue weighted by Crippen LogP contribution is 2.28. The molecule has 0 unspecified atom stereocenters. The minimum absolute atomic E-state index is 0.468. The average molecular weight is 395 g/mol. The molecule has 2 aromatic heterocycles. The van der Waals surface area contributed by atoms with E-state index in [-0.39, 0.29) is 0 Å². The van der Waals surface area contributed by atoms with Gasteiger partial charge < -0.3 is 15.4 Å². The third kappa shape index (κ3) is 3.57. The second-order valence-corrected chi connectivity index (χ2v) is 6.78. The highest BCUT2D eigenvalue weighted by atomic mass is 35.5. The second kappa shape index (κ2) is 7.36. The molecule has 4 rings (SSSR count). The Morgan fingerprint density at radius 3 is 2.54 bits per heavy atom. The predicted molar refractivity (Wildman–Crippen MR) is 112 cm³/mol. The van der Waals surface area contributed by atoms with Crippen molar-refractivity contribution < 1.29 is 4.74 Å². The van der Waals surface area contributed by atoms with Gasteiger partial charge in [0, 0.05) is 23.4 Å². The molecule has 0 atom stereocenters. The van der Waals surface area contributed by atoms with Crippen LogP contribution in [-0.2, 0) is 7.05 Å². The number of hydrogen-bond acceptors (Lipinski definition) is 6. The van der Waals surface area contributed by atoms with Gasteiger partial charge in [0.15, 0.2) is 5.65 Å². The Balaban J connectivity index is 1.72. The van der Waals surface area contributed by atoms with Crippen LogP contribution in [0.25, 0.3) is 11.0 Å². The molecule has 8 heteroatoms. The van der Waals surface area contributed by atoms with Crippen molar-refractivity contribution >= 4 is 45.8 Å². The number of aryl methyl sites for hydroxylation is 2. The van der Waals surface area contributed by atoms with Gasteiger partial charge in [0.25, 0.3) is 0 Å². The normalized spacial score (nSPS) is 10.9. The molecule has 28 heavy (non-hydrogen) atoms. The quantitative estimate of drug-likeness (QED) is 0.505. The Morgan fingerprint density at radius 2 is 1.82 bits per heavy atom. The number of methoxy groups -OCH3 is 1. The third-order valence-corrected chi connectivity index (χ3v) is 4.61. The molecule has 0 saturated carbocycles. The summed E-state index contributed by atoms with van der Waals surface area (Å²) in [6, 6.07) is 13.2. The molecule has 0 aliphatic carbocycles. The fourth-order valence-corrected chi connectivity index (χ4v) is 3.10. The van der Waals surface area contributed by atoms with Crippen molar-refractivity contribution in [2.45, 2.75) is 6.92 Å². The van der Waals surface area contributed by atoms with E-state index in [0.29, 0.717) is 16.8 Å². The molecule has 142 valence electrons. The maximum atomic E-state index is 6.07. The second-order valence-electron chi connectivity index (χ2n) is 6.34. The van der Waals surface area contributed by atoms with E-state index in [4.69, 9.17) is 16.3 Å². The first-order valence-corrected chi connectivity index (χ1v) is 9.05. The molecule has 7 nitrogen and oxygen atoms in total. The maximum Gasteiger partial charge on any atom is 0.231 e. The summed E-state index contributed by atoms with van der Waals surface area (Å²) >= 11 is 6.07. The first-order chi connectivity index (χ1) is 13.5. The molecule has 0 amide bonds. The SMILES string of the molecule is COc1ccc(Nc2nc(Nc3ccc(Cl)cc3C)c3cnn(C)c3n2)cc1. The van der Waals surface area contributed by atoms with Crippen LogP contribution in [0, 0.1) is 6.92 Å². The van der Waals surface area contributed by atoms with Gasteiger partial charge in [-0.05, 0) is 55.0 Å². The molecule has 4 aromatic rings. The van der Waals surface area contributed by atoms with Crippen LogP contribution in [0.3, 0.4) is 0 Å². The lowest BCUT2D eigenvalue weighted by molar-refractivity contribution is 0.415. The van der Waals surface area contributed by atoms with E-state index in [9.17, 15) is 0 Å². The summed E-state index contributed by atoms with van der Waals surface area (Å²) in [5.74, 6) is 1.92.